The molecule has 0 N–H and O–H groups in total. The molecule has 2 bridgehead atoms. The number of piperidine rings is 1. The minimum absolute atomic E-state index is 0.0329. The number of amides is 2. The number of rotatable bonds is 7. The van der Waals surface area contributed by atoms with E-state index >= 15 is 0 Å². The minimum Gasteiger partial charge on any atom is -0.485 e. The summed E-state index contributed by atoms with van der Waals surface area (Å²) < 4.78 is 13.1. The Labute approximate surface area is 376 Å². The number of carbonyl (C=O) groups is 2. The Hall–Kier alpha value is -6.35. The van der Waals surface area contributed by atoms with Crippen molar-refractivity contribution in [2.24, 2.45) is 5.10 Å². The lowest BCUT2D eigenvalue weighted by Gasteiger charge is -2.38. The number of thioether (sulfide) groups is 1. The zero-order chi connectivity index (χ0) is 43.3. The highest BCUT2D eigenvalue weighted by atomic mass is 32.2. The van der Waals surface area contributed by atoms with Crippen molar-refractivity contribution in [2.45, 2.75) is 86.4 Å². The highest BCUT2D eigenvalue weighted by Crippen LogP contribution is 2.55. The van der Waals surface area contributed by atoms with Gasteiger partial charge in [0, 0.05) is 30.4 Å². The second-order valence-electron chi connectivity index (χ2n) is 16.8. The van der Waals surface area contributed by atoms with Crippen molar-refractivity contribution in [2.75, 3.05) is 23.8 Å². The van der Waals surface area contributed by atoms with Crippen LogP contribution in [0.2, 0.25) is 0 Å². The second-order valence-corrected chi connectivity index (χ2v) is 17.7. The molecule has 1 aliphatic carbocycles. The summed E-state index contributed by atoms with van der Waals surface area (Å²) in [5, 5.41) is 20.5. The average Bonchev–Trinajstić information content (AvgIpc) is 4.24. The molecule has 1 aromatic heterocycles. The normalized spacial score (nSPS) is 23.0. The molecule has 6 aromatic rings. The van der Waals surface area contributed by atoms with Crippen molar-refractivity contribution in [3.8, 4) is 17.2 Å². The van der Waals surface area contributed by atoms with Gasteiger partial charge in [-0.1, -0.05) is 134 Å². The molecular weight excluding hydrogens is 825 g/mol. The van der Waals surface area contributed by atoms with E-state index in [0.717, 1.165) is 29.8 Å². The minimum atomic E-state index is -0.578. The Morgan fingerprint density at radius 2 is 1.44 bits per heavy atom. The van der Waals surface area contributed by atoms with Crippen LogP contribution in [0.5, 0.6) is 11.5 Å². The standard InChI is InChI=1S/C18H16N6OS.C17H15NO3.C15H19NO/c25-17(24-16(11-12-19-24)14-7-3-1-4-8-14)13-26-18-20-21-22-23(18)15-9-5-2-6-10-15;19-17(18-10-9-12-5-1-2-6-13(12)18)16-11-20-14-7-3-4-8-15(14)21-16;1-2-6-12(7-3-1)14-10-13-11-15(16(14)17-13)8-4-5-9-15/h1-10,12,16H,11,13H2;1-8,16H,9-11H2;1-3,6-7,13-14H,4-5,8-11H2. The second kappa shape index (κ2) is 18.8. The lowest BCUT2D eigenvalue weighted by Crippen LogP contribution is -2.46. The number of hydroxylamine groups is 2. The molecule has 14 heteroatoms. The van der Waals surface area contributed by atoms with Gasteiger partial charge in [0.15, 0.2) is 11.5 Å². The molecule has 0 radical (unpaired) electrons. The molecule has 5 atom stereocenters. The highest BCUT2D eigenvalue weighted by molar-refractivity contribution is 7.99. The van der Waals surface area contributed by atoms with Crippen molar-refractivity contribution in [3.05, 3.63) is 156 Å². The van der Waals surface area contributed by atoms with Crippen molar-refractivity contribution in [1.29, 1.82) is 0 Å². The summed E-state index contributed by atoms with van der Waals surface area (Å²) in [4.78, 5) is 33.3. The van der Waals surface area contributed by atoms with Crippen molar-refractivity contribution in [1.82, 2.24) is 30.3 Å². The molecule has 326 valence electrons. The number of para-hydroxylation sites is 4. The van der Waals surface area contributed by atoms with Gasteiger partial charge < -0.3 is 14.4 Å². The molecule has 13 nitrogen and oxygen atoms in total. The van der Waals surface area contributed by atoms with Gasteiger partial charge >= 0.3 is 0 Å². The summed E-state index contributed by atoms with van der Waals surface area (Å²) in [5.74, 6) is 1.45. The van der Waals surface area contributed by atoms with Gasteiger partial charge in [-0.05, 0) is 89.6 Å². The van der Waals surface area contributed by atoms with Crippen LogP contribution >= 0.6 is 11.8 Å². The first-order valence-corrected chi connectivity index (χ1v) is 23.2. The number of anilines is 1. The number of nitrogens with zero attached hydrogens (tertiary/aromatic N) is 8. The maximum absolute atomic E-state index is 12.7. The van der Waals surface area contributed by atoms with Crippen LogP contribution in [0.25, 0.3) is 5.69 Å². The molecule has 2 saturated heterocycles. The van der Waals surface area contributed by atoms with E-state index in [4.69, 9.17) is 14.3 Å². The lowest BCUT2D eigenvalue weighted by molar-refractivity contribution is -0.166. The number of tetrazole rings is 1. The lowest BCUT2D eigenvalue weighted by atomic mass is 9.82. The van der Waals surface area contributed by atoms with Gasteiger partial charge in [-0.15, -0.1) is 5.10 Å². The van der Waals surface area contributed by atoms with Gasteiger partial charge in [-0.25, -0.2) is 5.01 Å². The summed E-state index contributed by atoms with van der Waals surface area (Å²) in [7, 11) is 0. The zero-order valence-electron chi connectivity index (χ0n) is 35.5. The molecular formula is C50H50N8O5S. The number of fused-ring (bicyclic) bond motifs is 5. The third-order valence-corrected chi connectivity index (χ3v) is 13.7. The van der Waals surface area contributed by atoms with E-state index in [1.807, 2.05) is 103 Å². The summed E-state index contributed by atoms with van der Waals surface area (Å²) in [6, 6.07) is 46.3. The molecule has 5 aliphatic heterocycles. The fourth-order valence-electron chi connectivity index (χ4n) is 9.78. The van der Waals surface area contributed by atoms with E-state index in [-0.39, 0.29) is 30.2 Å². The van der Waals surface area contributed by atoms with Gasteiger partial charge in [0.1, 0.15) is 6.61 Å². The fraction of sp³-hybridized carbons (Fsp3) is 0.320. The number of ether oxygens (including phenoxy) is 2. The summed E-state index contributed by atoms with van der Waals surface area (Å²) in [6.45, 7) is 0.966. The molecule has 12 rings (SSSR count). The summed E-state index contributed by atoms with van der Waals surface area (Å²) in [6.07, 6.45) is 11.2. The van der Waals surface area contributed by atoms with E-state index in [1.54, 1.807) is 20.8 Å². The predicted octanol–water partition coefficient (Wildman–Crippen LogP) is 8.58. The quantitative estimate of drug-likeness (QED) is 0.144. The number of carbonyl (C=O) groups excluding carboxylic acids is 2. The monoisotopic (exact) mass is 874 g/mol. The number of hydrogen-bond acceptors (Lipinski definition) is 11. The highest BCUT2D eigenvalue weighted by Gasteiger charge is 2.56. The van der Waals surface area contributed by atoms with E-state index in [9.17, 15) is 9.59 Å². The van der Waals surface area contributed by atoms with Crippen molar-refractivity contribution < 1.29 is 23.9 Å². The Kier molecular flexibility index (Phi) is 12.2. The van der Waals surface area contributed by atoms with E-state index < -0.39 is 6.10 Å². The average molecular weight is 875 g/mol. The Morgan fingerprint density at radius 1 is 0.766 bits per heavy atom. The molecule has 5 unspecified atom stereocenters. The van der Waals surface area contributed by atoms with E-state index in [0.29, 0.717) is 40.9 Å². The molecule has 64 heavy (non-hydrogen) atoms. The van der Waals surface area contributed by atoms with E-state index in [2.05, 4.69) is 62.1 Å². The van der Waals surface area contributed by atoms with Crippen LogP contribution in [0.15, 0.2) is 150 Å². The van der Waals surface area contributed by atoms with Crippen LogP contribution in [0.1, 0.15) is 73.7 Å². The molecule has 1 saturated carbocycles. The fourth-order valence-corrected chi connectivity index (χ4v) is 10.5. The molecule has 1 spiro atoms. The van der Waals surface area contributed by atoms with Gasteiger partial charge in [0.2, 0.25) is 11.3 Å². The van der Waals surface area contributed by atoms with E-state index in [1.165, 1.54) is 61.4 Å². The molecule has 3 fully saturated rings. The first kappa shape index (κ1) is 41.6. The van der Waals surface area contributed by atoms with Crippen LogP contribution in [0.3, 0.4) is 0 Å². The predicted molar refractivity (Wildman–Crippen MR) is 244 cm³/mol. The molecule has 5 aromatic carbocycles. The summed E-state index contributed by atoms with van der Waals surface area (Å²) in [5.41, 5.74) is 5.96. The van der Waals surface area contributed by atoms with Gasteiger partial charge in [-0.3, -0.25) is 14.4 Å². The Bertz CT molecular complexity index is 2570. The molecule has 6 aliphatic rings. The topological polar surface area (TPSA) is 128 Å². The zero-order valence-corrected chi connectivity index (χ0v) is 36.3. The number of hydrogen-bond donors (Lipinski definition) is 0. The Morgan fingerprint density at radius 3 is 2.19 bits per heavy atom. The SMILES string of the molecule is O=C(C1COc2ccccc2O1)N1CCc2ccccc21.O=C(CSc1nnnn1-c1ccccc1)N1N=CCC1c1ccccc1.c1ccc(C2CC3CC4(CCCC4)N2O3)cc1. The first-order chi connectivity index (χ1) is 31.5. The van der Waals surface area contributed by atoms with Gasteiger partial charge in [-0.2, -0.15) is 14.8 Å². The van der Waals surface area contributed by atoms with Crippen LogP contribution in [-0.2, 0) is 20.8 Å². The number of benzene rings is 5. The van der Waals surface area contributed by atoms with Crippen LogP contribution in [0, 0.1) is 0 Å². The van der Waals surface area contributed by atoms with Crippen molar-refractivity contribution in [3.63, 3.8) is 0 Å². The smallest absolute Gasteiger partial charge is 0.271 e. The van der Waals surface area contributed by atoms with Crippen LogP contribution in [0.4, 0.5) is 5.69 Å². The Balaban J connectivity index is 0.000000116. The molecule has 2 amide bonds. The van der Waals surface area contributed by atoms with Crippen LogP contribution < -0.4 is 14.4 Å². The number of aromatic nitrogens is 4. The maximum atomic E-state index is 12.7. The number of hydrazone groups is 1. The van der Waals surface area contributed by atoms with Crippen LogP contribution in [-0.4, -0.2) is 85.0 Å². The molecule has 6 heterocycles. The largest absolute Gasteiger partial charge is 0.485 e. The van der Waals surface area contributed by atoms with Gasteiger partial charge in [0.25, 0.3) is 11.8 Å². The van der Waals surface area contributed by atoms with Gasteiger partial charge in [0.05, 0.1) is 29.6 Å². The maximum Gasteiger partial charge on any atom is 0.271 e. The third-order valence-electron chi connectivity index (χ3n) is 12.8. The third kappa shape index (κ3) is 8.65. The van der Waals surface area contributed by atoms with Crippen molar-refractivity contribution >= 4 is 35.5 Å². The first-order valence-electron chi connectivity index (χ1n) is 22.2. The summed E-state index contributed by atoms with van der Waals surface area (Å²) >= 11 is 1.30.